The van der Waals surface area contributed by atoms with Crippen LogP contribution in [0.3, 0.4) is 0 Å². The maximum atomic E-state index is 11.9. The van der Waals surface area contributed by atoms with E-state index in [1.807, 2.05) is 0 Å². The summed E-state index contributed by atoms with van der Waals surface area (Å²) < 4.78 is 0.855. The van der Waals surface area contributed by atoms with Crippen LogP contribution in [0.1, 0.15) is 20.7 Å². The predicted octanol–water partition coefficient (Wildman–Crippen LogP) is 2.79. The molecule has 19 heavy (non-hydrogen) atoms. The summed E-state index contributed by atoms with van der Waals surface area (Å²) in [7, 11) is 0. The summed E-state index contributed by atoms with van der Waals surface area (Å²) in [5, 5.41) is 11.5. The third-order valence-corrected chi connectivity index (χ3v) is 2.91. The van der Waals surface area contributed by atoms with Gasteiger partial charge in [0.2, 0.25) is 0 Å². The molecule has 0 saturated carbocycles. The first-order valence-electron chi connectivity index (χ1n) is 5.33. The summed E-state index contributed by atoms with van der Waals surface area (Å²) in [4.78, 5) is 26.8. The van der Waals surface area contributed by atoms with Crippen LogP contribution in [0.15, 0.2) is 47.1 Å². The van der Waals surface area contributed by atoms with Crippen LogP contribution in [-0.4, -0.2) is 22.0 Å². The normalized spacial score (nSPS) is 9.95. The van der Waals surface area contributed by atoms with Crippen molar-refractivity contribution in [2.24, 2.45) is 0 Å². The number of carbonyl (C=O) groups excluding carboxylic acids is 1. The molecule has 5 nitrogen and oxygen atoms in total. The van der Waals surface area contributed by atoms with E-state index in [2.05, 4.69) is 26.2 Å². The van der Waals surface area contributed by atoms with Crippen molar-refractivity contribution >= 4 is 33.6 Å². The quantitative estimate of drug-likeness (QED) is 0.911. The fourth-order valence-corrected chi connectivity index (χ4v) is 1.72. The monoisotopic (exact) mass is 320 g/mol. The Kier molecular flexibility index (Phi) is 3.91. The zero-order valence-electron chi connectivity index (χ0n) is 9.63. The number of amides is 1. The second-order valence-electron chi connectivity index (χ2n) is 3.67. The number of anilines is 1. The number of carbonyl (C=O) groups is 2. The lowest BCUT2D eigenvalue weighted by Crippen LogP contribution is -2.15. The predicted molar refractivity (Wildman–Crippen MR) is 73.3 cm³/mol. The Morgan fingerprint density at radius 2 is 1.84 bits per heavy atom. The van der Waals surface area contributed by atoms with Crippen LogP contribution in [0.25, 0.3) is 0 Å². The molecule has 0 atom stereocenters. The van der Waals surface area contributed by atoms with Crippen molar-refractivity contribution in [1.82, 2.24) is 4.98 Å². The minimum Gasteiger partial charge on any atom is -0.478 e. The Balaban J connectivity index is 2.24. The van der Waals surface area contributed by atoms with Gasteiger partial charge in [-0.2, -0.15) is 0 Å². The number of hydrogen-bond acceptors (Lipinski definition) is 3. The third kappa shape index (κ3) is 3.17. The third-order valence-electron chi connectivity index (χ3n) is 2.38. The van der Waals surface area contributed by atoms with Gasteiger partial charge in [-0.15, -0.1) is 0 Å². The van der Waals surface area contributed by atoms with Crippen LogP contribution in [0.5, 0.6) is 0 Å². The summed E-state index contributed by atoms with van der Waals surface area (Å²) >= 11 is 3.27. The molecule has 0 aliphatic rings. The van der Waals surface area contributed by atoms with Crippen molar-refractivity contribution in [3.05, 3.63) is 58.2 Å². The van der Waals surface area contributed by atoms with Crippen LogP contribution in [0, 0.1) is 0 Å². The van der Waals surface area contributed by atoms with E-state index in [0.29, 0.717) is 5.56 Å². The molecule has 0 spiro atoms. The SMILES string of the molecule is O=C(Nc1ncccc1C(=O)O)c1ccc(Br)cc1. The number of hydrogen-bond donors (Lipinski definition) is 2. The number of rotatable bonds is 3. The Bertz CT molecular complexity index is 626. The largest absolute Gasteiger partial charge is 0.478 e. The number of benzene rings is 1. The summed E-state index contributed by atoms with van der Waals surface area (Å²) in [6.07, 6.45) is 1.42. The fraction of sp³-hybridized carbons (Fsp3) is 0. The summed E-state index contributed by atoms with van der Waals surface area (Å²) in [6, 6.07) is 9.59. The zero-order chi connectivity index (χ0) is 13.8. The van der Waals surface area contributed by atoms with Crippen molar-refractivity contribution < 1.29 is 14.7 Å². The van der Waals surface area contributed by atoms with E-state index in [1.165, 1.54) is 18.3 Å². The molecule has 0 fully saturated rings. The number of carboxylic acids is 1. The van der Waals surface area contributed by atoms with E-state index < -0.39 is 11.9 Å². The van der Waals surface area contributed by atoms with Gasteiger partial charge < -0.3 is 10.4 Å². The smallest absolute Gasteiger partial charge is 0.339 e. The zero-order valence-corrected chi connectivity index (χ0v) is 11.2. The first kappa shape index (κ1) is 13.2. The van der Waals surface area contributed by atoms with Gasteiger partial charge in [-0.05, 0) is 36.4 Å². The summed E-state index contributed by atoms with van der Waals surface area (Å²) in [5.41, 5.74) is 0.373. The molecule has 0 saturated heterocycles. The molecule has 2 aromatic rings. The van der Waals surface area contributed by atoms with Crippen molar-refractivity contribution in [3.8, 4) is 0 Å². The minimum absolute atomic E-state index is 0.0305. The van der Waals surface area contributed by atoms with Gasteiger partial charge in [-0.3, -0.25) is 4.79 Å². The Morgan fingerprint density at radius 3 is 2.47 bits per heavy atom. The molecule has 2 rings (SSSR count). The van der Waals surface area contributed by atoms with E-state index in [-0.39, 0.29) is 11.4 Å². The highest BCUT2D eigenvalue weighted by molar-refractivity contribution is 9.10. The van der Waals surface area contributed by atoms with Crippen molar-refractivity contribution in [3.63, 3.8) is 0 Å². The number of nitrogens with zero attached hydrogens (tertiary/aromatic N) is 1. The van der Waals surface area contributed by atoms with Gasteiger partial charge in [0.1, 0.15) is 11.4 Å². The highest BCUT2D eigenvalue weighted by Gasteiger charge is 2.14. The van der Waals surface area contributed by atoms with E-state index in [4.69, 9.17) is 5.11 Å². The molecule has 0 bridgehead atoms. The second-order valence-corrected chi connectivity index (χ2v) is 4.58. The molecule has 0 aliphatic carbocycles. The van der Waals surface area contributed by atoms with Crippen molar-refractivity contribution in [2.45, 2.75) is 0 Å². The molecule has 0 unspecified atom stereocenters. The number of pyridine rings is 1. The maximum absolute atomic E-state index is 11.9. The lowest BCUT2D eigenvalue weighted by molar-refractivity contribution is 0.0697. The van der Waals surface area contributed by atoms with Gasteiger partial charge in [0, 0.05) is 16.2 Å². The number of nitrogens with one attached hydrogen (secondary N) is 1. The first-order valence-corrected chi connectivity index (χ1v) is 6.12. The minimum atomic E-state index is -1.14. The van der Waals surface area contributed by atoms with Crippen LogP contribution >= 0.6 is 15.9 Å². The molecule has 0 radical (unpaired) electrons. The summed E-state index contributed by atoms with van der Waals surface area (Å²) in [5.74, 6) is -1.52. The Hall–Kier alpha value is -2.21. The number of halogens is 1. The molecule has 6 heteroatoms. The van der Waals surface area contributed by atoms with Gasteiger partial charge in [0.15, 0.2) is 0 Å². The van der Waals surface area contributed by atoms with Crippen molar-refractivity contribution in [2.75, 3.05) is 5.32 Å². The second kappa shape index (κ2) is 5.62. The average Bonchev–Trinajstić information content (AvgIpc) is 2.39. The van der Waals surface area contributed by atoms with Crippen LogP contribution in [-0.2, 0) is 0 Å². The number of carboxylic acid groups (broad SMARTS) is 1. The van der Waals surface area contributed by atoms with Gasteiger partial charge in [-0.25, -0.2) is 9.78 Å². The van der Waals surface area contributed by atoms with E-state index in [0.717, 1.165) is 4.47 Å². The first-order chi connectivity index (χ1) is 9.08. The molecule has 1 heterocycles. The number of aromatic carboxylic acids is 1. The summed E-state index contributed by atoms with van der Waals surface area (Å²) in [6.45, 7) is 0. The van der Waals surface area contributed by atoms with Gasteiger partial charge in [0.25, 0.3) is 5.91 Å². The Morgan fingerprint density at radius 1 is 1.16 bits per heavy atom. The average molecular weight is 321 g/mol. The number of aromatic nitrogens is 1. The fourth-order valence-electron chi connectivity index (χ4n) is 1.46. The standard InChI is InChI=1S/C13H9BrN2O3/c14-9-5-3-8(4-6-9)12(17)16-11-10(13(18)19)2-1-7-15-11/h1-7H,(H,18,19)(H,15,16,17). The molecule has 1 aromatic carbocycles. The molecule has 2 N–H and O–H groups in total. The molecule has 96 valence electrons. The van der Waals surface area contributed by atoms with Crippen LogP contribution in [0.4, 0.5) is 5.82 Å². The lowest BCUT2D eigenvalue weighted by atomic mass is 10.2. The highest BCUT2D eigenvalue weighted by atomic mass is 79.9. The van der Waals surface area contributed by atoms with Gasteiger partial charge in [-0.1, -0.05) is 15.9 Å². The van der Waals surface area contributed by atoms with Crippen molar-refractivity contribution in [1.29, 1.82) is 0 Å². The van der Waals surface area contributed by atoms with E-state index >= 15 is 0 Å². The molecular formula is C13H9BrN2O3. The topological polar surface area (TPSA) is 79.3 Å². The lowest BCUT2D eigenvalue weighted by Gasteiger charge is -2.07. The van der Waals surface area contributed by atoms with E-state index in [1.54, 1.807) is 24.3 Å². The molecule has 1 amide bonds. The van der Waals surface area contributed by atoms with Gasteiger partial charge in [0.05, 0.1) is 0 Å². The maximum Gasteiger partial charge on any atom is 0.339 e. The Labute approximate surface area is 117 Å². The highest BCUT2D eigenvalue weighted by Crippen LogP contribution is 2.14. The van der Waals surface area contributed by atoms with E-state index in [9.17, 15) is 9.59 Å². The van der Waals surface area contributed by atoms with Crippen LogP contribution < -0.4 is 5.32 Å². The molecule has 1 aromatic heterocycles. The molecule has 0 aliphatic heterocycles. The van der Waals surface area contributed by atoms with Gasteiger partial charge >= 0.3 is 5.97 Å². The van der Waals surface area contributed by atoms with Crippen LogP contribution in [0.2, 0.25) is 0 Å². The molecular weight excluding hydrogens is 312 g/mol.